The van der Waals surface area contributed by atoms with Crippen LogP contribution in [0.5, 0.6) is 0 Å². The number of hydrogen-bond acceptors (Lipinski definition) is 4. The minimum Gasteiger partial charge on any atom is -0.208 e. The van der Waals surface area contributed by atoms with E-state index < -0.39 is 0 Å². The molecule has 4 heteroatoms. The highest BCUT2D eigenvalue weighted by molar-refractivity contribution is 6.10. The van der Waals surface area contributed by atoms with E-state index in [-0.39, 0.29) is 0 Å². The minimum absolute atomic E-state index is 0.366. The predicted octanol–water partition coefficient (Wildman–Crippen LogP) is 11.2. The average Bonchev–Trinajstić information content (AvgIpc) is 3.17. The maximum Gasteiger partial charge on any atom is 0.164 e. The number of fused-ring (bicyclic) bond motifs is 3. The summed E-state index contributed by atoms with van der Waals surface area (Å²) in [6, 6.07) is 46.9. The van der Waals surface area contributed by atoms with Crippen molar-refractivity contribution in [1.82, 2.24) is 15.0 Å². The molecule has 6 aromatic carbocycles. The smallest absolute Gasteiger partial charge is 0.164 e. The van der Waals surface area contributed by atoms with Crippen molar-refractivity contribution >= 4 is 21.5 Å². The van der Waals surface area contributed by atoms with E-state index >= 15 is 0 Å². The van der Waals surface area contributed by atoms with Crippen LogP contribution in [0, 0.1) is 29.1 Å². The van der Waals surface area contributed by atoms with Crippen molar-refractivity contribution in [2.75, 3.05) is 0 Å². The van der Waals surface area contributed by atoms with Crippen LogP contribution in [0.2, 0.25) is 0 Å². The van der Waals surface area contributed by atoms with E-state index in [0.29, 0.717) is 28.5 Å². The lowest BCUT2D eigenvalue weighted by Gasteiger charge is -2.57. The van der Waals surface area contributed by atoms with Gasteiger partial charge in [-0.1, -0.05) is 115 Å². The van der Waals surface area contributed by atoms with Gasteiger partial charge in [0, 0.05) is 22.1 Å². The summed E-state index contributed by atoms with van der Waals surface area (Å²) >= 11 is 0. The lowest BCUT2D eigenvalue weighted by atomic mass is 9.48. The Bertz CT molecular complexity index is 2420. The number of nitriles is 1. The van der Waals surface area contributed by atoms with E-state index in [4.69, 9.17) is 15.0 Å². The van der Waals surface area contributed by atoms with Crippen molar-refractivity contribution < 1.29 is 0 Å². The molecule has 11 rings (SSSR count). The van der Waals surface area contributed by atoms with Crippen molar-refractivity contribution in [2.24, 2.45) is 17.8 Å². The maximum absolute atomic E-state index is 9.85. The monoisotopic (exact) mass is 644 g/mol. The molecule has 1 heterocycles. The van der Waals surface area contributed by atoms with Crippen molar-refractivity contribution in [3.05, 3.63) is 139 Å². The molecule has 4 bridgehead atoms. The average molecular weight is 645 g/mol. The molecule has 4 aliphatic rings. The Morgan fingerprint density at radius 3 is 1.58 bits per heavy atom. The maximum atomic E-state index is 9.85. The Kier molecular flexibility index (Phi) is 6.71. The van der Waals surface area contributed by atoms with Gasteiger partial charge >= 0.3 is 0 Å². The first-order valence-electron chi connectivity index (χ1n) is 18.0. The van der Waals surface area contributed by atoms with Gasteiger partial charge in [0.15, 0.2) is 17.5 Å². The summed E-state index contributed by atoms with van der Waals surface area (Å²) in [5, 5.41) is 14.1. The van der Waals surface area contributed by atoms with E-state index in [0.717, 1.165) is 67.1 Å². The second kappa shape index (κ2) is 11.5. The van der Waals surface area contributed by atoms with Crippen LogP contribution in [0.4, 0.5) is 0 Å². The van der Waals surface area contributed by atoms with Crippen molar-refractivity contribution in [3.8, 4) is 51.4 Å². The zero-order chi connectivity index (χ0) is 33.2. The molecule has 7 aromatic rings. The lowest BCUT2D eigenvalue weighted by molar-refractivity contribution is -0.00518. The molecule has 0 unspecified atom stereocenters. The minimum atomic E-state index is 0.366. The van der Waals surface area contributed by atoms with Gasteiger partial charge in [-0.2, -0.15) is 5.26 Å². The summed E-state index contributed by atoms with van der Waals surface area (Å²) in [4.78, 5) is 15.0. The predicted molar refractivity (Wildman–Crippen MR) is 201 cm³/mol. The molecule has 0 atom stereocenters. The summed E-state index contributed by atoms with van der Waals surface area (Å²) in [6.45, 7) is 0. The summed E-state index contributed by atoms with van der Waals surface area (Å²) in [6.07, 6.45) is 8.45. The van der Waals surface area contributed by atoms with E-state index in [1.54, 1.807) is 0 Å². The van der Waals surface area contributed by atoms with Gasteiger partial charge in [-0.15, -0.1) is 0 Å². The highest BCUT2D eigenvalue weighted by Gasteiger charge is 2.51. The van der Waals surface area contributed by atoms with Crippen LogP contribution in [0.25, 0.3) is 66.8 Å². The Labute approximate surface area is 292 Å². The van der Waals surface area contributed by atoms with Gasteiger partial charge in [-0.05, 0) is 107 Å². The third kappa shape index (κ3) is 4.91. The van der Waals surface area contributed by atoms with Gasteiger partial charge in [0.1, 0.15) is 0 Å². The molecule has 240 valence electrons. The quantitative estimate of drug-likeness (QED) is 0.175. The van der Waals surface area contributed by atoms with Crippen LogP contribution in [-0.2, 0) is 5.41 Å². The molecule has 4 saturated carbocycles. The second-order valence-corrected chi connectivity index (χ2v) is 15.0. The van der Waals surface area contributed by atoms with Gasteiger partial charge in [0.05, 0.1) is 11.6 Å². The van der Waals surface area contributed by atoms with Gasteiger partial charge in [-0.25, -0.2) is 15.0 Å². The van der Waals surface area contributed by atoms with E-state index in [1.807, 2.05) is 42.5 Å². The third-order valence-corrected chi connectivity index (χ3v) is 11.9. The Balaban J connectivity index is 1.00. The zero-order valence-electron chi connectivity index (χ0n) is 27.9. The van der Waals surface area contributed by atoms with Crippen molar-refractivity contribution in [1.29, 1.82) is 5.26 Å². The molecular formula is C46H36N4. The molecular weight excluding hydrogens is 609 g/mol. The highest BCUT2D eigenvalue weighted by atomic mass is 15.0. The van der Waals surface area contributed by atoms with Gasteiger partial charge in [0.25, 0.3) is 0 Å². The summed E-state index contributed by atoms with van der Waals surface area (Å²) in [5.41, 5.74) is 7.71. The lowest BCUT2D eigenvalue weighted by Crippen LogP contribution is -2.48. The first-order chi connectivity index (χ1) is 24.6. The van der Waals surface area contributed by atoms with Crippen molar-refractivity contribution in [2.45, 2.75) is 43.9 Å². The SMILES string of the molecule is N#Cc1cc2cc(-c3ccc(-c4nc(-c5ccccc5)nc(-c5ccc(C67CC8CC(CC(C8)C6)C7)cc5)n4)cc3)ccc2c2ccccc12. The molecule has 4 aliphatic carbocycles. The first-order valence-corrected chi connectivity index (χ1v) is 18.0. The zero-order valence-corrected chi connectivity index (χ0v) is 27.9. The van der Waals surface area contributed by atoms with Gasteiger partial charge in [-0.3, -0.25) is 0 Å². The summed E-state index contributed by atoms with van der Waals surface area (Å²) < 4.78 is 0. The molecule has 1 aromatic heterocycles. The summed E-state index contributed by atoms with van der Waals surface area (Å²) in [7, 11) is 0. The Hall–Kier alpha value is -5.66. The van der Waals surface area contributed by atoms with Crippen LogP contribution in [0.15, 0.2) is 127 Å². The molecule has 4 fully saturated rings. The van der Waals surface area contributed by atoms with E-state index in [2.05, 4.69) is 91.0 Å². The topological polar surface area (TPSA) is 62.5 Å². The fourth-order valence-corrected chi connectivity index (χ4v) is 9.98. The molecule has 50 heavy (non-hydrogen) atoms. The number of hydrogen-bond donors (Lipinski definition) is 0. The molecule has 0 amide bonds. The highest BCUT2D eigenvalue weighted by Crippen LogP contribution is 2.60. The van der Waals surface area contributed by atoms with E-state index in [1.165, 1.54) is 44.1 Å². The molecule has 4 nitrogen and oxygen atoms in total. The number of rotatable bonds is 5. The van der Waals surface area contributed by atoms with Crippen LogP contribution >= 0.6 is 0 Å². The molecule has 0 aliphatic heterocycles. The summed E-state index contributed by atoms with van der Waals surface area (Å²) in [5.74, 6) is 4.80. The van der Waals surface area contributed by atoms with Gasteiger partial charge in [0.2, 0.25) is 0 Å². The fraction of sp³-hybridized carbons (Fsp3) is 0.217. The number of nitrogens with zero attached hydrogens (tertiary/aromatic N) is 4. The van der Waals surface area contributed by atoms with Crippen LogP contribution < -0.4 is 0 Å². The molecule has 0 radical (unpaired) electrons. The Morgan fingerprint density at radius 1 is 0.480 bits per heavy atom. The third-order valence-electron chi connectivity index (χ3n) is 11.9. The molecule has 0 spiro atoms. The fourth-order valence-electron chi connectivity index (χ4n) is 9.98. The number of benzene rings is 6. The van der Waals surface area contributed by atoms with Crippen LogP contribution in [-0.4, -0.2) is 15.0 Å². The van der Waals surface area contributed by atoms with Crippen molar-refractivity contribution in [3.63, 3.8) is 0 Å². The Morgan fingerprint density at radius 2 is 0.980 bits per heavy atom. The van der Waals surface area contributed by atoms with Crippen LogP contribution in [0.3, 0.4) is 0 Å². The standard InChI is InChI=1S/C46H36N4/c47-28-38-24-37-23-36(16-19-41(37)42-9-5-4-8-40(38)42)32-10-12-34(13-11-32)44-48-43(33-6-2-1-3-7-33)49-45(50-44)35-14-17-39(18-15-35)46-25-29-20-30(26-46)22-31(21-29)27-46/h1-19,23-24,29-31H,20-22,25-27H2. The first kappa shape index (κ1) is 29.3. The molecule has 0 saturated heterocycles. The molecule has 0 N–H and O–H groups in total. The van der Waals surface area contributed by atoms with Gasteiger partial charge < -0.3 is 0 Å². The number of aromatic nitrogens is 3. The van der Waals surface area contributed by atoms with Crippen LogP contribution in [0.1, 0.15) is 49.7 Å². The second-order valence-electron chi connectivity index (χ2n) is 15.0. The largest absolute Gasteiger partial charge is 0.208 e. The normalized spacial score (nSPS) is 22.2. The van der Waals surface area contributed by atoms with E-state index in [9.17, 15) is 5.26 Å².